The molecule has 5 heteroatoms. The maximum absolute atomic E-state index is 12.1. The van der Waals surface area contributed by atoms with Crippen molar-refractivity contribution in [2.45, 2.75) is 24.7 Å². The van der Waals surface area contributed by atoms with Gasteiger partial charge in [-0.15, -0.1) is 0 Å². The van der Waals surface area contributed by atoms with Gasteiger partial charge in [0.1, 0.15) is 0 Å². The highest BCUT2D eigenvalue weighted by Gasteiger charge is 2.67. The fourth-order valence-electron chi connectivity index (χ4n) is 3.84. The quantitative estimate of drug-likeness (QED) is 0.857. The van der Waals surface area contributed by atoms with Crippen LogP contribution in [-0.4, -0.2) is 14.1 Å². The molecule has 0 aliphatic heterocycles. The molecule has 0 heterocycles. The van der Waals surface area contributed by atoms with Crippen molar-refractivity contribution in [1.29, 1.82) is 0 Å². The molecule has 0 amide bonds. The van der Waals surface area contributed by atoms with Gasteiger partial charge in [0.25, 0.3) is 10.0 Å². The van der Waals surface area contributed by atoms with Crippen molar-refractivity contribution in [2.24, 2.45) is 28.8 Å². The molecule has 4 saturated carbocycles. The number of rotatable bonds is 3. The van der Waals surface area contributed by atoms with Gasteiger partial charge in [-0.05, 0) is 49.7 Å². The second-order valence-corrected chi connectivity index (χ2v) is 7.63. The van der Waals surface area contributed by atoms with E-state index in [9.17, 15) is 8.42 Å². The molecule has 0 spiro atoms. The van der Waals surface area contributed by atoms with E-state index in [1.54, 1.807) is 24.3 Å². The van der Waals surface area contributed by atoms with Crippen LogP contribution in [0.5, 0.6) is 0 Å². The summed E-state index contributed by atoms with van der Waals surface area (Å²) in [4.78, 5) is 2.69. The first kappa shape index (κ1) is 11.5. The van der Waals surface area contributed by atoms with Crippen molar-refractivity contribution in [3.05, 3.63) is 29.8 Å². The van der Waals surface area contributed by atoms with Crippen molar-refractivity contribution >= 4 is 15.7 Å². The lowest BCUT2D eigenvalue weighted by atomic mass is 10.1. The van der Waals surface area contributed by atoms with Gasteiger partial charge in [-0.3, -0.25) is 0 Å². The minimum absolute atomic E-state index is 0.278. The topological polar surface area (TPSA) is 58.5 Å². The molecule has 0 saturated heterocycles. The molecule has 4 fully saturated rings. The first-order chi connectivity index (χ1) is 9.06. The summed E-state index contributed by atoms with van der Waals surface area (Å²) < 4.78 is 24.2. The van der Waals surface area contributed by atoms with Gasteiger partial charge in [0.05, 0.1) is 4.90 Å². The van der Waals surface area contributed by atoms with Crippen LogP contribution in [0.15, 0.2) is 34.3 Å². The molecule has 19 heavy (non-hydrogen) atoms. The highest BCUT2D eigenvalue weighted by Crippen LogP contribution is 2.68. The Bertz CT molecular complexity index is 647. The third-order valence-electron chi connectivity index (χ3n) is 4.83. The fourth-order valence-corrected chi connectivity index (χ4v) is 4.67. The standard InChI is InChI=1S/C14H16N2O2S/c1-8-2-4-10(5-3-8)19(17,18)16-15-14-9-6-11-12(7-9)13(11)14/h2-5,9,11-13,16H,6-7H2,1H3/b15-14-/t9?,11-,12?,13?/m1/s1. The van der Waals surface area contributed by atoms with Crippen molar-refractivity contribution in [2.75, 3.05) is 0 Å². The van der Waals surface area contributed by atoms with Crippen LogP contribution < -0.4 is 4.83 Å². The second-order valence-electron chi connectivity index (χ2n) is 5.97. The van der Waals surface area contributed by atoms with Gasteiger partial charge >= 0.3 is 0 Å². The lowest BCUT2D eigenvalue weighted by Gasteiger charge is -2.06. The summed E-state index contributed by atoms with van der Waals surface area (Å²) in [7, 11) is -3.51. The molecular weight excluding hydrogens is 260 g/mol. The summed E-state index contributed by atoms with van der Waals surface area (Å²) >= 11 is 0. The third kappa shape index (κ3) is 1.64. The molecule has 0 radical (unpaired) electrons. The SMILES string of the molecule is Cc1ccc(S(=O)(=O)N/N=C2/C3CC4C2[C@@H]4C3)cc1. The Balaban J connectivity index is 1.56. The number of aryl methyl sites for hydroxylation is 1. The van der Waals surface area contributed by atoms with Crippen LogP contribution in [0.2, 0.25) is 0 Å². The second kappa shape index (κ2) is 3.60. The van der Waals surface area contributed by atoms with E-state index in [1.807, 2.05) is 6.92 Å². The first-order valence-electron chi connectivity index (χ1n) is 6.72. The van der Waals surface area contributed by atoms with Gasteiger partial charge in [-0.2, -0.15) is 13.5 Å². The average Bonchev–Trinajstić information content (AvgIpc) is 2.76. The van der Waals surface area contributed by atoms with E-state index in [4.69, 9.17) is 0 Å². The van der Waals surface area contributed by atoms with Gasteiger partial charge in [-0.1, -0.05) is 17.7 Å². The predicted molar refractivity (Wildman–Crippen MR) is 72.1 cm³/mol. The Hall–Kier alpha value is -1.36. The normalized spacial score (nSPS) is 36.8. The zero-order valence-electron chi connectivity index (χ0n) is 10.7. The number of sulfonamides is 1. The summed E-state index contributed by atoms with van der Waals surface area (Å²) in [5.74, 6) is 2.76. The van der Waals surface area contributed by atoms with Crippen LogP contribution in [0.25, 0.3) is 0 Å². The zero-order chi connectivity index (χ0) is 13.2. The average molecular weight is 276 g/mol. The summed E-state index contributed by atoms with van der Waals surface area (Å²) in [6, 6.07) is 6.83. The number of nitrogens with one attached hydrogen (secondary N) is 1. The maximum Gasteiger partial charge on any atom is 0.276 e. The van der Waals surface area contributed by atoms with Gasteiger partial charge in [0.2, 0.25) is 0 Å². The molecule has 4 aliphatic rings. The van der Waals surface area contributed by atoms with Crippen LogP contribution in [0.3, 0.4) is 0 Å². The van der Waals surface area contributed by atoms with Crippen molar-refractivity contribution in [3.63, 3.8) is 0 Å². The Labute approximate surface area is 113 Å². The largest absolute Gasteiger partial charge is 0.276 e. The molecule has 1 N–H and O–H groups in total. The van der Waals surface area contributed by atoms with Gasteiger partial charge in [0.15, 0.2) is 0 Å². The minimum Gasteiger partial charge on any atom is -0.200 e. The molecule has 4 atom stereocenters. The van der Waals surface area contributed by atoms with E-state index in [0.29, 0.717) is 11.8 Å². The van der Waals surface area contributed by atoms with E-state index < -0.39 is 10.0 Å². The molecule has 1 aromatic carbocycles. The summed E-state index contributed by atoms with van der Waals surface area (Å²) in [6.45, 7) is 1.93. The number of hydrogen-bond donors (Lipinski definition) is 1. The Morgan fingerprint density at radius 2 is 1.79 bits per heavy atom. The number of hydrogen-bond acceptors (Lipinski definition) is 3. The van der Waals surface area contributed by atoms with Crippen molar-refractivity contribution in [1.82, 2.24) is 4.83 Å². The molecule has 100 valence electrons. The highest BCUT2D eigenvalue weighted by atomic mass is 32.2. The van der Waals surface area contributed by atoms with Crippen LogP contribution in [0.4, 0.5) is 0 Å². The molecular formula is C14H16N2O2S. The van der Waals surface area contributed by atoms with E-state index >= 15 is 0 Å². The number of benzene rings is 1. The molecule has 4 aliphatic carbocycles. The van der Waals surface area contributed by atoms with Gasteiger partial charge in [-0.25, -0.2) is 4.83 Å². The van der Waals surface area contributed by atoms with E-state index in [2.05, 4.69) is 9.93 Å². The third-order valence-corrected chi connectivity index (χ3v) is 6.06. The summed E-state index contributed by atoms with van der Waals surface area (Å²) in [5, 5.41) is 4.22. The van der Waals surface area contributed by atoms with Crippen molar-refractivity contribution in [3.8, 4) is 0 Å². The van der Waals surface area contributed by atoms with Crippen LogP contribution in [-0.2, 0) is 10.0 Å². The Morgan fingerprint density at radius 1 is 1.16 bits per heavy atom. The molecule has 4 bridgehead atoms. The Morgan fingerprint density at radius 3 is 2.32 bits per heavy atom. The van der Waals surface area contributed by atoms with Crippen LogP contribution in [0.1, 0.15) is 18.4 Å². The maximum atomic E-state index is 12.1. The highest BCUT2D eigenvalue weighted by molar-refractivity contribution is 7.89. The number of nitrogens with zero attached hydrogens (tertiary/aromatic N) is 1. The first-order valence-corrected chi connectivity index (χ1v) is 8.20. The molecule has 3 unspecified atom stereocenters. The van der Waals surface area contributed by atoms with E-state index in [-0.39, 0.29) is 4.90 Å². The molecule has 0 aromatic heterocycles. The van der Waals surface area contributed by atoms with Gasteiger partial charge < -0.3 is 0 Å². The monoisotopic (exact) mass is 276 g/mol. The molecule has 4 nitrogen and oxygen atoms in total. The molecule has 5 rings (SSSR count). The summed E-state index contributed by atoms with van der Waals surface area (Å²) in [5.41, 5.74) is 2.15. The lowest BCUT2D eigenvalue weighted by molar-refractivity contribution is 0.584. The smallest absolute Gasteiger partial charge is 0.200 e. The van der Waals surface area contributed by atoms with E-state index in [1.165, 1.54) is 12.8 Å². The minimum atomic E-state index is -3.51. The van der Waals surface area contributed by atoms with Crippen LogP contribution in [0, 0.1) is 30.6 Å². The Kier molecular flexibility index (Phi) is 2.17. The van der Waals surface area contributed by atoms with Crippen LogP contribution >= 0.6 is 0 Å². The van der Waals surface area contributed by atoms with Crippen molar-refractivity contribution < 1.29 is 8.42 Å². The fraction of sp³-hybridized carbons (Fsp3) is 0.500. The van der Waals surface area contributed by atoms with Gasteiger partial charge in [0, 0.05) is 11.6 Å². The summed E-state index contributed by atoms with van der Waals surface area (Å²) in [6.07, 6.45) is 2.45. The lowest BCUT2D eigenvalue weighted by Crippen LogP contribution is -2.21. The predicted octanol–water partition coefficient (Wildman–Crippen LogP) is 1.92. The molecule has 1 aromatic rings. The van der Waals surface area contributed by atoms with E-state index in [0.717, 1.165) is 23.1 Å². The zero-order valence-corrected chi connectivity index (χ0v) is 11.5. The number of hydrazone groups is 1.